The lowest BCUT2D eigenvalue weighted by Crippen LogP contribution is -2.32. The van der Waals surface area contributed by atoms with Crippen LogP contribution in [0.25, 0.3) is 5.70 Å². The zero-order chi connectivity index (χ0) is 18.7. The fourth-order valence-electron chi connectivity index (χ4n) is 2.92. The summed E-state index contributed by atoms with van der Waals surface area (Å²) in [7, 11) is 0. The van der Waals surface area contributed by atoms with Crippen molar-refractivity contribution in [2.45, 2.75) is 20.3 Å². The zero-order valence-electron chi connectivity index (χ0n) is 15.0. The first-order chi connectivity index (χ1) is 12.5. The molecule has 5 nitrogen and oxygen atoms in total. The Hall–Kier alpha value is -3.08. The summed E-state index contributed by atoms with van der Waals surface area (Å²) in [5, 5.41) is 2.86. The largest absolute Gasteiger partial charge is 0.494 e. The number of nitrogens with zero attached hydrogens (tertiary/aromatic N) is 1. The molecule has 0 bridgehead atoms. The number of carbonyl (C=O) groups is 2. The van der Waals surface area contributed by atoms with Gasteiger partial charge >= 0.3 is 0 Å². The van der Waals surface area contributed by atoms with E-state index >= 15 is 0 Å². The van der Waals surface area contributed by atoms with Gasteiger partial charge in [0, 0.05) is 22.5 Å². The lowest BCUT2D eigenvalue weighted by atomic mass is 10.1. The number of carbonyl (C=O) groups excluding carboxylic acids is 2. The Kier molecular flexibility index (Phi) is 5.07. The molecule has 0 saturated carbocycles. The van der Waals surface area contributed by atoms with Gasteiger partial charge in [-0.3, -0.25) is 14.5 Å². The molecular formula is C21H22N2O3. The summed E-state index contributed by atoms with van der Waals surface area (Å²) < 4.78 is 5.59. The maximum absolute atomic E-state index is 12.5. The van der Waals surface area contributed by atoms with E-state index in [2.05, 4.69) is 11.9 Å². The van der Waals surface area contributed by atoms with Crippen LogP contribution in [0.3, 0.4) is 0 Å². The second-order valence-electron chi connectivity index (χ2n) is 6.26. The lowest BCUT2D eigenvalue weighted by Gasteiger charge is -2.17. The Morgan fingerprint density at radius 1 is 1.19 bits per heavy atom. The van der Waals surface area contributed by atoms with E-state index in [1.807, 2.05) is 44.2 Å². The van der Waals surface area contributed by atoms with Crippen LogP contribution >= 0.6 is 0 Å². The fourth-order valence-corrected chi connectivity index (χ4v) is 2.92. The summed E-state index contributed by atoms with van der Waals surface area (Å²) >= 11 is 0. The number of hydrogen-bond donors (Lipinski definition) is 1. The second kappa shape index (κ2) is 7.44. The Bertz CT molecular complexity index is 838. The lowest BCUT2D eigenvalue weighted by molar-refractivity contribution is -0.116. The van der Waals surface area contributed by atoms with Crippen LogP contribution in [-0.2, 0) is 4.79 Å². The van der Waals surface area contributed by atoms with Crippen molar-refractivity contribution in [3.8, 4) is 5.75 Å². The highest BCUT2D eigenvalue weighted by atomic mass is 16.5. The first-order valence-electron chi connectivity index (χ1n) is 8.64. The van der Waals surface area contributed by atoms with Crippen LogP contribution in [0.1, 0.15) is 34.8 Å². The van der Waals surface area contributed by atoms with E-state index < -0.39 is 0 Å². The zero-order valence-corrected chi connectivity index (χ0v) is 15.0. The van der Waals surface area contributed by atoms with Gasteiger partial charge in [-0.05, 0) is 43.2 Å². The molecule has 134 valence electrons. The van der Waals surface area contributed by atoms with Crippen LogP contribution < -0.4 is 10.1 Å². The van der Waals surface area contributed by atoms with Gasteiger partial charge in [-0.15, -0.1) is 0 Å². The Morgan fingerprint density at radius 2 is 1.92 bits per heavy atom. The van der Waals surface area contributed by atoms with E-state index in [0.717, 1.165) is 23.3 Å². The van der Waals surface area contributed by atoms with Crippen molar-refractivity contribution >= 4 is 23.2 Å². The fraction of sp³-hybridized carbons (Fsp3) is 0.238. The molecular weight excluding hydrogens is 328 g/mol. The molecule has 1 heterocycles. The summed E-state index contributed by atoms with van der Waals surface area (Å²) in [6.07, 6.45) is 0.938. The van der Waals surface area contributed by atoms with Gasteiger partial charge in [-0.2, -0.15) is 0 Å². The second-order valence-corrected chi connectivity index (χ2v) is 6.26. The first kappa shape index (κ1) is 17.7. The third-order valence-corrected chi connectivity index (χ3v) is 4.29. The number of anilines is 1. The monoisotopic (exact) mass is 350 g/mol. The molecule has 26 heavy (non-hydrogen) atoms. The molecule has 1 aliphatic heterocycles. The molecule has 0 radical (unpaired) electrons. The van der Waals surface area contributed by atoms with Crippen molar-refractivity contribution in [3.05, 3.63) is 65.7 Å². The van der Waals surface area contributed by atoms with Crippen LogP contribution in [0.4, 0.5) is 5.69 Å². The Morgan fingerprint density at radius 3 is 2.58 bits per heavy atom. The van der Waals surface area contributed by atoms with Crippen molar-refractivity contribution in [3.63, 3.8) is 0 Å². The highest BCUT2D eigenvalue weighted by Gasteiger charge is 2.31. The molecule has 3 rings (SSSR count). The topological polar surface area (TPSA) is 58.6 Å². The molecule has 1 aliphatic rings. The number of aryl methyl sites for hydroxylation is 1. The molecule has 0 spiro atoms. The molecule has 1 N–H and O–H groups in total. The van der Waals surface area contributed by atoms with Crippen LogP contribution in [0.5, 0.6) is 5.75 Å². The van der Waals surface area contributed by atoms with Crippen molar-refractivity contribution in [1.82, 2.24) is 4.90 Å². The number of benzene rings is 2. The summed E-state index contributed by atoms with van der Waals surface area (Å²) in [5.41, 5.74) is 3.52. The number of rotatable bonds is 6. The molecule has 0 fully saturated rings. The number of amides is 2. The summed E-state index contributed by atoms with van der Waals surface area (Å²) in [4.78, 5) is 26.3. The summed E-state index contributed by atoms with van der Waals surface area (Å²) in [6.45, 7) is 8.50. The smallest absolute Gasteiger partial charge is 0.259 e. The molecule has 2 aromatic carbocycles. The minimum Gasteiger partial charge on any atom is -0.494 e. The van der Waals surface area contributed by atoms with Crippen LogP contribution in [0.15, 0.2) is 49.0 Å². The summed E-state index contributed by atoms with van der Waals surface area (Å²) in [5.74, 6) is 0.319. The molecule has 0 saturated heterocycles. The van der Waals surface area contributed by atoms with E-state index in [1.54, 1.807) is 12.1 Å². The molecule has 5 heteroatoms. The molecule has 2 amide bonds. The van der Waals surface area contributed by atoms with Gasteiger partial charge in [0.2, 0.25) is 5.91 Å². The number of nitrogens with one attached hydrogen (secondary N) is 1. The van der Waals surface area contributed by atoms with E-state index in [0.29, 0.717) is 23.6 Å². The molecule has 2 aromatic rings. The van der Waals surface area contributed by atoms with Crippen molar-refractivity contribution in [2.75, 3.05) is 18.5 Å². The SMILES string of the molecule is C=C1c2ccccc2C(=O)N1CC(=O)Nc1ccc(OCCC)cc1C. The summed E-state index contributed by atoms with van der Waals surface area (Å²) in [6, 6.07) is 12.8. The first-order valence-corrected chi connectivity index (χ1v) is 8.64. The number of fused-ring (bicyclic) bond motifs is 1. The van der Waals surface area contributed by atoms with E-state index in [4.69, 9.17) is 4.74 Å². The molecule has 0 aliphatic carbocycles. The van der Waals surface area contributed by atoms with Gasteiger partial charge in [0.05, 0.1) is 6.61 Å². The standard InChI is InChI=1S/C21H22N2O3/c1-4-11-26-16-9-10-19(14(2)12-16)22-20(24)13-23-15(3)17-7-5-6-8-18(17)21(23)25/h5-10,12H,3-4,11,13H2,1-2H3,(H,22,24). The van der Waals surface area contributed by atoms with Gasteiger partial charge in [0.1, 0.15) is 12.3 Å². The Balaban J connectivity index is 1.67. The van der Waals surface area contributed by atoms with Crippen molar-refractivity contribution < 1.29 is 14.3 Å². The van der Waals surface area contributed by atoms with Gasteiger partial charge in [-0.1, -0.05) is 31.7 Å². The predicted octanol–water partition coefficient (Wildman–Crippen LogP) is 3.85. The predicted molar refractivity (Wildman–Crippen MR) is 102 cm³/mol. The molecule has 0 aromatic heterocycles. The number of ether oxygens (including phenoxy) is 1. The quantitative estimate of drug-likeness (QED) is 0.861. The van der Waals surface area contributed by atoms with Crippen LogP contribution in [0, 0.1) is 6.92 Å². The van der Waals surface area contributed by atoms with Crippen LogP contribution in [0.2, 0.25) is 0 Å². The maximum atomic E-state index is 12.5. The van der Waals surface area contributed by atoms with E-state index in [-0.39, 0.29) is 18.4 Å². The van der Waals surface area contributed by atoms with E-state index in [9.17, 15) is 9.59 Å². The average Bonchev–Trinajstić information content (AvgIpc) is 2.87. The molecule has 0 unspecified atom stereocenters. The Labute approximate surface area is 153 Å². The third-order valence-electron chi connectivity index (χ3n) is 4.29. The van der Waals surface area contributed by atoms with Gasteiger partial charge in [-0.25, -0.2) is 0 Å². The molecule has 0 atom stereocenters. The van der Waals surface area contributed by atoms with Crippen molar-refractivity contribution in [2.24, 2.45) is 0 Å². The third kappa shape index (κ3) is 3.47. The van der Waals surface area contributed by atoms with Gasteiger partial charge < -0.3 is 10.1 Å². The van der Waals surface area contributed by atoms with Gasteiger partial charge in [0.15, 0.2) is 0 Å². The van der Waals surface area contributed by atoms with Crippen molar-refractivity contribution in [1.29, 1.82) is 0 Å². The van der Waals surface area contributed by atoms with E-state index in [1.165, 1.54) is 4.90 Å². The normalized spacial score (nSPS) is 12.9. The highest BCUT2D eigenvalue weighted by molar-refractivity contribution is 6.11. The average molecular weight is 350 g/mol. The van der Waals surface area contributed by atoms with Gasteiger partial charge in [0.25, 0.3) is 5.91 Å². The minimum absolute atomic E-state index is 0.0696. The minimum atomic E-state index is -0.266. The number of hydrogen-bond acceptors (Lipinski definition) is 3. The maximum Gasteiger partial charge on any atom is 0.259 e. The van der Waals surface area contributed by atoms with Crippen LogP contribution in [-0.4, -0.2) is 29.9 Å². The highest BCUT2D eigenvalue weighted by Crippen LogP contribution is 2.31.